The molecular formula is C24H24N6. The number of aromatic nitrogens is 4. The number of anilines is 1. The first-order chi connectivity index (χ1) is 14.9. The van der Waals surface area contributed by atoms with Crippen LogP contribution in [0.5, 0.6) is 0 Å². The Balaban J connectivity index is 1.35. The van der Waals surface area contributed by atoms with Crippen LogP contribution in [-0.4, -0.2) is 50.6 Å². The Morgan fingerprint density at radius 1 is 0.733 bits per heavy atom. The molecule has 0 radical (unpaired) electrons. The highest BCUT2D eigenvalue weighted by Crippen LogP contribution is 2.30. The molecule has 0 bridgehead atoms. The monoisotopic (exact) mass is 396 g/mol. The Morgan fingerprint density at radius 2 is 1.37 bits per heavy atom. The van der Waals surface area contributed by atoms with Crippen LogP contribution in [-0.2, 0) is 0 Å². The van der Waals surface area contributed by atoms with Crippen molar-refractivity contribution in [1.29, 1.82) is 0 Å². The van der Waals surface area contributed by atoms with Crippen LogP contribution in [0.3, 0.4) is 0 Å². The molecule has 2 aromatic carbocycles. The summed E-state index contributed by atoms with van der Waals surface area (Å²) in [5.74, 6) is 1.80. The lowest BCUT2D eigenvalue weighted by Gasteiger charge is -2.40. The molecule has 5 rings (SSSR count). The van der Waals surface area contributed by atoms with E-state index >= 15 is 0 Å². The van der Waals surface area contributed by atoms with Gasteiger partial charge >= 0.3 is 0 Å². The average Bonchev–Trinajstić information content (AvgIpc) is 3.37. The number of rotatable bonds is 5. The molecule has 0 atom stereocenters. The van der Waals surface area contributed by atoms with Crippen molar-refractivity contribution in [1.82, 2.24) is 24.4 Å². The quantitative estimate of drug-likeness (QED) is 0.516. The SMILES string of the molecule is c1ccc(C(c2ccccc2)N2CCN(c3cc(-n4ccnc4)ncn3)CC2)cc1. The van der Waals surface area contributed by atoms with Crippen LogP contribution in [0.15, 0.2) is 91.8 Å². The number of benzene rings is 2. The fraction of sp³-hybridized carbons (Fsp3) is 0.208. The number of nitrogens with zero attached hydrogens (tertiary/aromatic N) is 6. The van der Waals surface area contributed by atoms with Crippen LogP contribution in [0, 0.1) is 0 Å². The van der Waals surface area contributed by atoms with Gasteiger partial charge in [0.2, 0.25) is 0 Å². The molecule has 1 aliphatic heterocycles. The number of hydrogen-bond donors (Lipinski definition) is 0. The first-order valence-electron chi connectivity index (χ1n) is 10.3. The molecule has 0 N–H and O–H groups in total. The molecule has 1 fully saturated rings. The predicted octanol–water partition coefficient (Wildman–Crippen LogP) is 3.57. The average molecular weight is 396 g/mol. The molecule has 1 saturated heterocycles. The molecule has 6 heteroatoms. The van der Waals surface area contributed by atoms with Gasteiger partial charge in [0.1, 0.15) is 24.3 Å². The fourth-order valence-electron chi connectivity index (χ4n) is 4.14. The van der Waals surface area contributed by atoms with Gasteiger partial charge in [-0.2, -0.15) is 0 Å². The minimum Gasteiger partial charge on any atom is -0.354 e. The van der Waals surface area contributed by atoms with E-state index in [2.05, 4.69) is 85.4 Å². The van der Waals surface area contributed by atoms with Gasteiger partial charge < -0.3 is 4.90 Å². The first kappa shape index (κ1) is 18.5. The molecule has 0 amide bonds. The Hall–Kier alpha value is -3.51. The van der Waals surface area contributed by atoms with Gasteiger partial charge in [-0.05, 0) is 11.1 Å². The summed E-state index contributed by atoms with van der Waals surface area (Å²) in [5.41, 5.74) is 2.67. The summed E-state index contributed by atoms with van der Waals surface area (Å²) >= 11 is 0. The van der Waals surface area contributed by atoms with Crippen molar-refractivity contribution < 1.29 is 0 Å². The Bertz CT molecular complexity index is 1020. The van der Waals surface area contributed by atoms with Gasteiger partial charge in [0, 0.05) is 44.6 Å². The van der Waals surface area contributed by atoms with Gasteiger partial charge in [-0.1, -0.05) is 60.7 Å². The Labute approximate surface area is 176 Å². The smallest absolute Gasteiger partial charge is 0.143 e. The zero-order valence-corrected chi connectivity index (χ0v) is 16.7. The van der Waals surface area contributed by atoms with Crippen molar-refractivity contribution in [3.63, 3.8) is 0 Å². The minimum absolute atomic E-state index is 0.265. The standard InChI is InChI=1S/C24H24N6/c1-3-7-20(8-4-1)24(21-9-5-2-6-10-21)29-15-13-28(14-16-29)22-17-23(27-18-26-22)30-12-11-25-19-30/h1-12,17-19,24H,13-16H2. The summed E-state index contributed by atoms with van der Waals surface area (Å²) in [6, 6.07) is 23.9. The molecule has 30 heavy (non-hydrogen) atoms. The largest absolute Gasteiger partial charge is 0.354 e. The molecule has 0 spiro atoms. The summed E-state index contributed by atoms with van der Waals surface area (Å²) in [5, 5.41) is 0. The summed E-state index contributed by atoms with van der Waals surface area (Å²) in [6.45, 7) is 3.80. The van der Waals surface area contributed by atoms with Crippen LogP contribution in [0.4, 0.5) is 5.82 Å². The first-order valence-corrected chi connectivity index (χ1v) is 10.3. The number of piperazine rings is 1. The molecule has 6 nitrogen and oxygen atoms in total. The van der Waals surface area contributed by atoms with Crippen LogP contribution < -0.4 is 4.90 Å². The second-order valence-corrected chi connectivity index (χ2v) is 7.45. The summed E-state index contributed by atoms with van der Waals surface area (Å²) in [4.78, 5) is 17.9. The maximum atomic E-state index is 4.52. The molecule has 0 unspecified atom stereocenters. The zero-order chi connectivity index (χ0) is 20.2. The lowest BCUT2D eigenvalue weighted by atomic mass is 9.96. The van der Waals surface area contributed by atoms with E-state index in [4.69, 9.17) is 0 Å². The van der Waals surface area contributed by atoms with E-state index in [1.54, 1.807) is 18.9 Å². The van der Waals surface area contributed by atoms with Crippen LogP contribution in [0.2, 0.25) is 0 Å². The molecule has 0 saturated carbocycles. The minimum atomic E-state index is 0.265. The highest BCUT2D eigenvalue weighted by Gasteiger charge is 2.27. The third kappa shape index (κ3) is 3.82. The van der Waals surface area contributed by atoms with Gasteiger partial charge in [-0.25, -0.2) is 15.0 Å². The molecule has 1 aliphatic rings. The molecular weight excluding hydrogens is 372 g/mol. The van der Waals surface area contributed by atoms with Crippen molar-refractivity contribution >= 4 is 5.82 Å². The Morgan fingerprint density at radius 3 is 1.97 bits per heavy atom. The van der Waals surface area contributed by atoms with E-state index < -0.39 is 0 Å². The van der Waals surface area contributed by atoms with Crippen molar-refractivity contribution in [2.45, 2.75) is 6.04 Å². The van der Waals surface area contributed by atoms with Crippen molar-refractivity contribution in [3.05, 3.63) is 103 Å². The van der Waals surface area contributed by atoms with E-state index in [-0.39, 0.29) is 6.04 Å². The van der Waals surface area contributed by atoms with E-state index in [1.165, 1.54) is 11.1 Å². The van der Waals surface area contributed by atoms with Gasteiger partial charge in [0.05, 0.1) is 6.04 Å². The molecule has 0 aliphatic carbocycles. The predicted molar refractivity (Wildman–Crippen MR) is 118 cm³/mol. The van der Waals surface area contributed by atoms with Gasteiger partial charge in [-0.15, -0.1) is 0 Å². The normalized spacial score (nSPS) is 14.9. The maximum absolute atomic E-state index is 4.52. The molecule has 3 heterocycles. The highest BCUT2D eigenvalue weighted by atomic mass is 15.3. The summed E-state index contributed by atoms with van der Waals surface area (Å²) in [6.07, 6.45) is 7.05. The lowest BCUT2D eigenvalue weighted by Crippen LogP contribution is -2.48. The zero-order valence-electron chi connectivity index (χ0n) is 16.7. The lowest BCUT2D eigenvalue weighted by molar-refractivity contribution is 0.212. The van der Waals surface area contributed by atoms with Crippen LogP contribution in [0.1, 0.15) is 17.2 Å². The third-order valence-electron chi connectivity index (χ3n) is 5.64. The van der Waals surface area contributed by atoms with Crippen LogP contribution >= 0.6 is 0 Å². The van der Waals surface area contributed by atoms with Crippen molar-refractivity contribution in [2.75, 3.05) is 31.1 Å². The van der Waals surface area contributed by atoms with Crippen LogP contribution in [0.25, 0.3) is 5.82 Å². The van der Waals surface area contributed by atoms with E-state index in [9.17, 15) is 0 Å². The molecule has 2 aromatic heterocycles. The summed E-state index contributed by atoms with van der Waals surface area (Å²) < 4.78 is 1.91. The topological polar surface area (TPSA) is 50.1 Å². The van der Waals surface area contributed by atoms with Crippen molar-refractivity contribution in [3.8, 4) is 5.82 Å². The fourth-order valence-corrected chi connectivity index (χ4v) is 4.14. The Kier molecular flexibility index (Phi) is 5.23. The molecule has 150 valence electrons. The van der Waals surface area contributed by atoms with Gasteiger partial charge in [-0.3, -0.25) is 9.47 Å². The van der Waals surface area contributed by atoms with E-state index in [0.717, 1.165) is 37.8 Å². The second-order valence-electron chi connectivity index (χ2n) is 7.45. The van der Waals surface area contributed by atoms with Gasteiger partial charge in [0.25, 0.3) is 0 Å². The van der Waals surface area contributed by atoms with Gasteiger partial charge in [0.15, 0.2) is 0 Å². The van der Waals surface area contributed by atoms with Crippen molar-refractivity contribution in [2.24, 2.45) is 0 Å². The highest BCUT2D eigenvalue weighted by molar-refractivity contribution is 5.44. The van der Waals surface area contributed by atoms with E-state index in [0.29, 0.717) is 0 Å². The number of imidazole rings is 1. The van der Waals surface area contributed by atoms with E-state index in [1.807, 2.05) is 16.8 Å². The second kappa shape index (κ2) is 8.47. The summed E-state index contributed by atoms with van der Waals surface area (Å²) in [7, 11) is 0. The molecule has 4 aromatic rings. The number of hydrogen-bond acceptors (Lipinski definition) is 5. The maximum Gasteiger partial charge on any atom is 0.143 e. The third-order valence-corrected chi connectivity index (χ3v) is 5.64.